The van der Waals surface area contributed by atoms with Gasteiger partial charge < -0.3 is 20.1 Å². The summed E-state index contributed by atoms with van der Waals surface area (Å²) in [5, 5.41) is 6.13. The van der Waals surface area contributed by atoms with Gasteiger partial charge in [-0.15, -0.1) is 0 Å². The zero-order valence-electron chi connectivity index (χ0n) is 15.6. The minimum atomic E-state index is -2.90. The van der Waals surface area contributed by atoms with E-state index in [1.807, 2.05) is 31.2 Å². The van der Waals surface area contributed by atoms with Gasteiger partial charge in [-0.05, 0) is 49.2 Å². The van der Waals surface area contributed by atoms with E-state index in [0.717, 1.165) is 16.8 Å². The van der Waals surface area contributed by atoms with Gasteiger partial charge >= 0.3 is 6.61 Å². The van der Waals surface area contributed by atoms with Crippen LogP contribution in [0.1, 0.15) is 37.9 Å². The predicted molar refractivity (Wildman–Crippen MR) is 100 cm³/mol. The fourth-order valence-electron chi connectivity index (χ4n) is 2.60. The molecule has 27 heavy (non-hydrogen) atoms. The fraction of sp³-hybridized carbons (Fsp3) is 0.350. The highest BCUT2D eigenvalue weighted by molar-refractivity contribution is 5.88. The van der Waals surface area contributed by atoms with Crippen LogP contribution in [0, 0.1) is 0 Å². The van der Waals surface area contributed by atoms with Crippen molar-refractivity contribution in [1.82, 2.24) is 5.32 Å². The third kappa shape index (κ3) is 6.53. The zero-order valence-corrected chi connectivity index (χ0v) is 15.6. The molecule has 2 aromatic carbocycles. The Morgan fingerprint density at radius 3 is 2.59 bits per heavy atom. The van der Waals surface area contributed by atoms with Crippen LogP contribution >= 0.6 is 0 Å². The molecule has 0 heterocycles. The maximum atomic E-state index is 12.5. The Bertz CT molecular complexity index is 769. The molecule has 2 rings (SSSR count). The van der Waals surface area contributed by atoms with Crippen LogP contribution in [0.5, 0.6) is 11.5 Å². The molecule has 7 heteroatoms. The molecule has 5 nitrogen and oxygen atoms in total. The largest absolute Gasteiger partial charge is 0.490 e. The second-order valence-electron chi connectivity index (χ2n) is 6.00. The molecule has 2 N–H and O–H groups in total. The molecular weight excluding hydrogens is 354 g/mol. The van der Waals surface area contributed by atoms with Gasteiger partial charge in [-0.3, -0.25) is 4.79 Å². The number of hydrogen-bond donors (Lipinski definition) is 2. The average molecular weight is 378 g/mol. The monoisotopic (exact) mass is 378 g/mol. The van der Waals surface area contributed by atoms with Crippen molar-refractivity contribution in [3.05, 3.63) is 53.6 Å². The first kappa shape index (κ1) is 20.6. The average Bonchev–Trinajstić information content (AvgIpc) is 2.61. The lowest BCUT2D eigenvalue weighted by atomic mass is 10.1. The highest BCUT2D eigenvalue weighted by Gasteiger charge is 2.12. The van der Waals surface area contributed by atoms with E-state index >= 15 is 0 Å². The smallest absolute Gasteiger partial charge is 0.387 e. The molecule has 146 valence electrons. The third-order valence-electron chi connectivity index (χ3n) is 3.84. The Balaban J connectivity index is 2.04. The SMILES string of the molecule is CCOc1cc(CNC(C)c2cccc(NC(C)=O)c2)ccc1OC(F)F. The first-order chi connectivity index (χ1) is 12.9. The number of amides is 1. The molecule has 0 aliphatic rings. The summed E-state index contributed by atoms with van der Waals surface area (Å²) >= 11 is 0. The maximum absolute atomic E-state index is 12.5. The quantitative estimate of drug-likeness (QED) is 0.675. The minimum Gasteiger partial charge on any atom is -0.490 e. The van der Waals surface area contributed by atoms with Gasteiger partial charge in [0.2, 0.25) is 5.91 Å². The van der Waals surface area contributed by atoms with E-state index in [9.17, 15) is 13.6 Å². The summed E-state index contributed by atoms with van der Waals surface area (Å²) in [6, 6.07) is 12.5. The molecular formula is C20H24F2N2O3. The third-order valence-corrected chi connectivity index (χ3v) is 3.84. The maximum Gasteiger partial charge on any atom is 0.387 e. The van der Waals surface area contributed by atoms with E-state index in [1.165, 1.54) is 13.0 Å². The van der Waals surface area contributed by atoms with Gasteiger partial charge in [-0.2, -0.15) is 8.78 Å². The molecule has 0 saturated heterocycles. The molecule has 0 fully saturated rings. The van der Waals surface area contributed by atoms with E-state index in [0.29, 0.717) is 13.2 Å². The lowest BCUT2D eigenvalue weighted by Gasteiger charge is -2.17. The molecule has 0 aliphatic carbocycles. The Kier molecular flexibility index (Phi) is 7.55. The molecule has 0 aliphatic heterocycles. The molecule has 0 aromatic heterocycles. The molecule has 1 atom stereocenters. The zero-order chi connectivity index (χ0) is 19.8. The van der Waals surface area contributed by atoms with Crippen molar-refractivity contribution in [1.29, 1.82) is 0 Å². The van der Waals surface area contributed by atoms with E-state index in [4.69, 9.17) is 4.74 Å². The van der Waals surface area contributed by atoms with Gasteiger partial charge in [0.15, 0.2) is 11.5 Å². The Hall–Kier alpha value is -2.67. The summed E-state index contributed by atoms with van der Waals surface area (Å²) in [4.78, 5) is 11.2. The minimum absolute atomic E-state index is 0.0197. The number of hydrogen-bond acceptors (Lipinski definition) is 4. The summed E-state index contributed by atoms with van der Waals surface area (Å²) in [7, 11) is 0. The van der Waals surface area contributed by atoms with Crippen LogP contribution in [0.4, 0.5) is 14.5 Å². The van der Waals surface area contributed by atoms with Gasteiger partial charge in [0.25, 0.3) is 0 Å². The van der Waals surface area contributed by atoms with Crippen molar-refractivity contribution >= 4 is 11.6 Å². The fourth-order valence-corrected chi connectivity index (χ4v) is 2.60. The lowest BCUT2D eigenvalue weighted by molar-refractivity contribution is -0.114. The molecule has 1 amide bonds. The number of rotatable bonds is 9. The van der Waals surface area contributed by atoms with Crippen molar-refractivity contribution in [3.8, 4) is 11.5 Å². The topological polar surface area (TPSA) is 59.6 Å². The van der Waals surface area contributed by atoms with Crippen LogP contribution in [0.3, 0.4) is 0 Å². The highest BCUT2D eigenvalue weighted by atomic mass is 19.3. The molecule has 0 spiro atoms. The van der Waals surface area contributed by atoms with E-state index in [2.05, 4.69) is 15.4 Å². The lowest BCUT2D eigenvalue weighted by Crippen LogP contribution is -2.18. The Morgan fingerprint density at radius 2 is 1.93 bits per heavy atom. The van der Waals surface area contributed by atoms with Crippen LogP contribution in [-0.2, 0) is 11.3 Å². The van der Waals surface area contributed by atoms with Crippen LogP contribution in [0.15, 0.2) is 42.5 Å². The number of alkyl halides is 2. The van der Waals surface area contributed by atoms with Crippen molar-refractivity contribution in [3.63, 3.8) is 0 Å². The Morgan fingerprint density at radius 1 is 1.15 bits per heavy atom. The number of ether oxygens (including phenoxy) is 2. The summed E-state index contributed by atoms with van der Waals surface area (Å²) < 4.78 is 34.8. The number of halogens is 2. The summed E-state index contributed by atoms with van der Waals surface area (Å²) in [5.74, 6) is 0.186. The van der Waals surface area contributed by atoms with Crippen LogP contribution in [-0.4, -0.2) is 19.1 Å². The van der Waals surface area contributed by atoms with Crippen molar-refractivity contribution < 1.29 is 23.0 Å². The van der Waals surface area contributed by atoms with E-state index < -0.39 is 6.61 Å². The van der Waals surface area contributed by atoms with E-state index in [-0.39, 0.29) is 23.4 Å². The second kappa shape index (κ2) is 9.87. The van der Waals surface area contributed by atoms with Crippen LogP contribution in [0.2, 0.25) is 0 Å². The van der Waals surface area contributed by atoms with Crippen LogP contribution in [0.25, 0.3) is 0 Å². The number of benzene rings is 2. The number of carbonyl (C=O) groups is 1. The normalized spacial score (nSPS) is 11.9. The summed E-state index contributed by atoms with van der Waals surface area (Å²) in [6.45, 7) is 3.21. The van der Waals surface area contributed by atoms with Gasteiger partial charge in [0, 0.05) is 25.2 Å². The Labute approximate surface area is 157 Å². The van der Waals surface area contributed by atoms with Crippen LogP contribution < -0.4 is 20.1 Å². The number of anilines is 1. The molecule has 0 bridgehead atoms. The second-order valence-corrected chi connectivity index (χ2v) is 6.00. The summed E-state index contributed by atoms with van der Waals surface area (Å²) in [6.07, 6.45) is 0. The van der Waals surface area contributed by atoms with Crippen molar-refractivity contribution in [2.45, 2.75) is 40.0 Å². The standard InChI is InChI=1S/C20H24F2N2O3/c1-4-26-19-10-15(8-9-18(19)27-20(21)22)12-23-13(2)16-6-5-7-17(11-16)24-14(3)25/h5-11,13,20,23H,4,12H2,1-3H3,(H,24,25). The first-order valence-corrected chi connectivity index (χ1v) is 8.70. The molecule has 0 saturated carbocycles. The van der Waals surface area contributed by atoms with Crippen molar-refractivity contribution in [2.75, 3.05) is 11.9 Å². The van der Waals surface area contributed by atoms with Gasteiger partial charge in [-0.1, -0.05) is 18.2 Å². The van der Waals surface area contributed by atoms with Crippen molar-refractivity contribution in [2.24, 2.45) is 0 Å². The van der Waals surface area contributed by atoms with Gasteiger partial charge in [0.1, 0.15) is 0 Å². The summed E-state index contributed by atoms with van der Waals surface area (Å²) in [5.41, 5.74) is 2.63. The van der Waals surface area contributed by atoms with Gasteiger partial charge in [0.05, 0.1) is 6.61 Å². The highest BCUT2D eigenvalue weighted by Crippen LogP contribution is 2.30. The van der Waals surface area contributed by atoms with Gasteiger partial charge in [-0.25, -0.2) is 0 Å². The first-order valence-electron chi connectivity index (χ1n) is 8.70. The molecule has 2 aromatic rings. The number of nitrogens with one attached hydrogen (secondary N) is 2. The van der Waals surface area contributed by atoms with E-state index in [1.54, 1.807) is 19.1 Å². The molecule has 0 radical (unpaired) electrons. The molecule has 1 unspecified atom stereocenters. The predicted octanol–water partition coefficient (Wildman–Crippen LogP) is 4.50. The number of carbonyl (C=O) groups excluding carboxylic acids is 1.